The molecule has 0 unspecified atom stereocenters. The molecular weight excluding hydrogens is 597 g/mol. The van der Waals surface area contributed by atoms with Crippen molar-refractivity contribution in [2.24, 2.45) is 17.4 Å². The van der Waals surface area contributed by atoms with E-state index in [9.17, 15) is 38.9 Å². The zero-order chi connectivity index (χ0) is 34.6. The van der Waals surface area contributed by atoms with E-state index in [1.165, 1.54) is 13.8 Å². The van der Waals surface area contributed by atoms with Crippen LogP contribution >= 0.6 is 0 Å². The van der Waals surface area contributed by atoms with Crippen LogP contribution in [0.5, 0.6) is 0 Å². The summed E-state index contributed by atoms with van der Waals surface area (Å²) in [5, 5.41) is 31.4. The Balaban J connectivity index is 2.28. The van der Waals surface area contributed by atoms with Crippen LogP contribution in [-0.2, 0) is 35.2 Å². The van der Waals surface area contributed by atoms with Gasteiger partial charge in [0.25, 0.3) is 0 Å². The third kappa shape index (κ3) is 12.4. The largest absolute Gasteiger partial charge is 0.448 e. The van der Waals surface area contributed by atoms with Crippen LogP contribution < -0.4 is 32.7 Å². The highest BCUT2D eigenvalue weighted by atomic mass is 16.3. The van der Waals surface area contributed by atoms with Gasteiger partial charge in [0.1, 0.15) is 18.1 Å². The van der Waals surface area contributed by atoms with Crippen LogP contribution in [0.15, 0.2) is 30.3 Å². The smallest absolute Gasteiger partial charge is 0.327 e. The van der Waals surface area contributed by atoms with E-state index in [2.05, 4.69) is 21.3 Å². The zero-order valence-electron chi connectivity index (χ0n) is 26.9. The maximum absolute atomic E-state index is 13.6. The number of rotatable bonds is 18. The molecule has 46 heavy (non-hydrogen) atoms. The molecule has 16 heteroatoms. The number of likely N-dealkylation sites (tertiary alicyclic amines) is 1. The minimum absolute atomic E-state index is 0.0411. The predicted molar refractivity (Wildman–Crippen MR) is 170 cm³/mol. The number of hydrogen-bond donors (Lipinski definition) is 8. The van der Waals surface area contributed by atoms with Crippen molar-refractivity contribution < 1.29 is 38.9 Å². The molecule has 0 spiro atoms. The summed E-state index contributed by atoms with van der Waals surface area (Å²) in [7, 11) is 0. The average molecular weight is 646 g/mol. The molecule has 1 aliphatic rings. The van der Waals surface area contributed by atoms with E-state index in [1.54, 1.807) is 30.9 Å². The van der Waals surface area contributed by atoms with Crippen molar-refractivity contribution in [3.8, 4) is 0 Å². The minimum atomic E-state index is -1.46. The van der Waals surface area contributed by atoms with Crippen LogP contribution in [0.1, 0.15) is 58.9 Å². The Labute approximate surface area is 269 Å². The highest BCUT2D eigenvalue weighted by Gasteiger charge is 2.37. The molecule has 1 saturated heterocycles. The first kappa shape index (κ1) is 38.2. The van der Waals surface area contributed by atoms with Gasteiger partial charge in [0.05, 0.1) is 18.6 Å². The number of hydrogen-bond acceptors (Lipinski definition) is 9. The Morgan fingerprint density at radius 3 is 2.09 bits per heavy atom. The standard InChI is InChI=1S/C30H48BN7O8/c1-17(2)13-21(36-30(45)26(18(3)39)34-19(4)40)28(43)35-22(15-25(32)41)29(44)37-24(14-20-9-6-5-7-10-20)31(46)16-38-12-8-11-23(38)27(33)42/h5-7,9-10,17-18,21-24,26,39,46H,8,11-16H2,1-4H3,(H2,32,41)(H2,33,42)(H,34,40)(H,35,43)(H,36,45)(H,37,44)/t18-,21+,22+,23+,24+,26+/m1/s1. The van der Waals surface area contributed by atoms with E-state index in [-0.39, 0.29) is 25.2 Å². The molecule has 1 fully saturated rings. The lowest BCUT2D eigenvalue weighted by Crippen LogP contribution is -2.61. The first-order valence-electron chi connectivity index (χ1n) is 15.5. The van der Waals surface area contributed by atoms with Crippen molar-refractivity contribution in [2.75, 3.05) is 13.0 Å². The molecule has 6 amide bonds. The summed E-state index contributed by atoms with van der Waals surface area (Å²) in [5.41, 5.74) is 11.8. The number of aliphatic hydroxyl groups excluding tert-OH is 1. The fraction of sp³-hybridized carbons (Fsp3) is 0.600. The average Bonchev–Trinajstić information content (AvgIpc) is 3.43. The fourth-order valence-corrected chi connectivity index (χ4v) is 5.44. The number of benzene rings is 1. The normalized spacial score (nSPS) is 18.0. The van der Waals surface area contributed by atoms with Gasteiger partial charge in [-0.3, -0.25) is 33.7 Å². The summed E-state index contributed by atoms with van der Waals surface area (Å²) in [6, 6.07) is 4.52. The number of nitrogens with zero attached hydrogens (tertiary/aromatic N) is 1. The van der Waals surface area contributed by atoms with E-state index in [0.717, 1.165) is 12.0 Å². The number of nitrogens with two attached hydrogens (primary N) is 2. The van der Waals surface area contributed by atoms with Crippen LogP contribution in [-0.4, -0.2) is 107 Å². The van der Waals surface area contributed by atoms with Gasteiger partial charge in [0.2, 0.25) is 35.4 Å². The van der Waals surface area contributed by atoms with Crippen molar-refractivity contribution >= 4 is 42.4 Å². The lowest BCUT2D eigenvalue weighted by molar-refractivity contribution is -0.135. The summed E-state index contributed by atoms with van der Waals surface area (Å²) in [6.07, 6.45) is -0.212. The zero-order valence-corrected chi connectivity index (χ0v) is 26.9. The Bertz CT molecular complexity index is 1220. The first-order valence-corrected chi connectivity index (χ1v) is 15.5. The van der Waals surface area contributed by atoms with E-state index >= 15 is 0 Å². The first-order chi connectivity index (χ1) is 21.6. The summed E-state index contributed by atoms with van der Waals surface area (Å²) < 4.78 is 0. The molecule has 10 N–H and O–H groups in total. The monoisotopic (exact) mass is 645 g/mol. The van der Waals surface area contributed by atoms with Gasteiger partial charge in [-0.25, -0.2) is 0 Å². The second-order valence-corrected chi connectivity index (χ2v) is 12.3. The van der Waals surface area contributed by atoms with Crippen molar-refractivity contribution in [1.82, 2.24) is 26.2 Å². The summed E-state index contributed by atoms with van der Waals surface area (Å²) in [4.78, 5) is 77.2. The van der Waals surface area contributed by atoms with Gasteiger partial charge in [-0.2, -0.15) is 0 Å². The van der Waals surface area contributed by atoms with Gasteiger partial charge in [0, 0.05) is 19.3 Å². The van der Waals surface area contributed by atoms with Crippen LogP contribution in [0, 0.1) is 5.92 Å². The summed E-state index contributed by atoms with van der Waals surface area (Å²) in [5.74, 6) is -5.36. The lowest BCUT2D eigenvalue weighted by Gasteiger charge is -2.30. The van der Waals surface area contributed by atoms with Crippen LogP contribution in [0.25, 0.3) is 0 Å². The van der Waals surface area contributed by atoms with Gasteiger partial charge >= 0.3 is 6.92 Å². The molecule has 6 atom stereocenters. The second-order valence-electron chi connectivity index (χ2n) is 12.3. The molecule has 0 aromatic heterocycles. The quantitative estimate of drug-likeness (QED) is 0.0786. The van der Waals surface area contributed by atoms with Crippen molar-refractivity contribution in [3.05, 3.63) is 35.9 Å². The highest BCUT2D eigenvalue weighted by Crippen LogP contribution is 2.18. The minimum Gasteiger partial charge on any atom is -0.448 e. The molecule has 0 bridgehead atoms. The topological polar surface area (TPSA) is 246 Å². The van der Waals surface area contributed by atoms with Gasteiger partial charge in [-0.15, -0.1) is 0 Å². The van der Waals surface area contributed by atoms with Crippen molar-refractivity contribution in [1.29, 1.82) is 0 Å². The van der Waals surface area contributed by atoms with Crippen molar-refractivity contribution in [2.45, 2.75) is 96.0 Å². The Morgan fingerprint density at radius 2 is 1.54 bits per heavy atom. The van der Waals surface area contributed by atoms with E-state index in [0.29, 0.717) is 13.0 Å². The van der Waals surface area contributed by atoms with Crippen molar-refractivity contribution in [3.63, 3.8) is 0 Å². The fourth-order valence-electron chi connectivity index (χ4n) is 5.44. The number of primary amides is 2. The van der Waals surface area contributed by atoms with E-state index in [1.807, 2.05) is 18.2 Å². The van der Waals surface area contributed by atoms with Gasteiger partial charge in [-0.05, 0) is 50.6 Å². The lowest BCUT2D eigenvalue weighted by atomic mass is 9.58. The van der Waals surface area contributed by atoms with E-state index < -0.39 is 85.0 Å². The van der Waals surface area contributed by atoms with Gasteiger partial charge < -0.3 is 42.9 Å². The van der Waals surface area contributed by atoms with Gasteiger partial charge in [0.15, 0.2) is 0 Å². The Morgan fingerprint density at radius 1 is 0.935 bits per heavy atom. The summed E-state index contributed by atoms with van der Waals surface area (Å²) >= 11 is 0. The molecule has 1 aliphatic heterocycles. The molecule has 0 aliphatic carbocycles. The van der Waals surface area contributed by atoms with Crippen LogP contribution in [0.4, 0.5) is 0 Å². The predicted octanol–water partition coefficient (Wildman–Crippen LogP) is -2.50. The Kier molecular flexibility index (Phi) is 15.1. The number of amides is 6. The molecule has 0 saturated carbocycles. The second kappa shape index (κ2) is 18.2. The molecule has 1 heterocycles. The molecule has 0 radical (unpaired) electrons. The molecular formula is C30H48BN7O8. The summed E-state index contributed by atoms with van der Waals surface area (Å²) in [6.45, 7) is 5.48. The molecule has 254 valence electrons. The highest BCUT2D eigenvalue weighted by molar-refractivity contribution is 6.53. The molecule has 1 aromatic rings. The third-order valence-corrected chi connectivity index (χ3v) is 7.71. The van der Waals surface area contributed by atoms with Gasteiger partial charge in [-0.1, -0.05) is 44.2 Å². The van der Waals surface area contributed by atoms with E-state index in [4.69, 9.17) is 11.5 Å². The molecule has 15 nitrogen and oxygen atoms in total. The number of aliphatic hydroxyl groups is 1. The number of nitrogens with one attached hydrogen (secondary N) is 4. The molecule has 2 rings (SSSR count). The van der Waals surface area contributed by atoms with Crippen LogP contribution in [0.2, 0.25) is 0 Å². The number of carbonyl (C=O) groups is 6. The third-order valence-electron chi connectivity index (χ3n) is 7.71. The maximum Gasteiger partial charge on any atom is 0.327 e. The number of carbonyl (C=O) groups excluding carboxylic acids is 6. The van der Waals surface area contributed by atoms with Crippen LogP contribution in [0.3, 0.4) is 0 Å². The maximum atomic E-state index is 13.6. The Hall–Kier alpha value is -4.02. The molecule has 1 aromatic carbocycles. The SMILES string of the molecule is CC(=O)N[C@H](C(=O)N[C@@H](CC(C)C)C(=O)N[C@@H](CC(N)=O)C(=O)N[C@@H](Cc1ccccc1)B(O)CN1CCC[C@H]1C(N)=O)[C@@H](C)O.